The number of anilines is 2. The number of ether oxygens (including phenoxy) is 2. The normalized spacial score (nSPS) is 20.0. The number of nitrogens with zero attached hydrogens (tertiary/aromatic N) is 5. The van der Waals surface area contributed by atoms with Crippen LogP contribution in [0.2, 0.25) is 0 Å². The highest BCUT2D eigenvalue weighted by Gasteiger charge is 2.29. The quantitative estimate of drug-likeness (QED) is 0.316. The Morgan fingerprint density at radius 1 is 1.02 bits per heavy atom. The van der Waals surface area contributed by atoms with Gasteiger partial charge in [-0.2, -0.15) is 5.10 Å². The molecule has 2 aromatic carbocycles. The van der Waals surface area contributed by atoms with Gasteiger partial charge in [0.05, 0.1) is 43.1 Å². The Labute approximate surface area is 257 Å². The van der Waals surface area contributed by atoms with E-state index in [4.69, 9.17) is 19.6 Å². The maximum absolute atomic E-state index is 13.2. The Morgan fingerprint density at radius 3 is 2.59 bits per heavy atom. The van der Waals surface area contributed by atoms with Crippen molar-refractivity contribution in [3.8, 4) is 28.3 Å². The van der Waals surface area contributed by atoms with Crippen LogP contribution >= 0.6 is 0 Å². The number of aromatic nitrogens is 4. The minimum Gasteiger partial charge on any atom is -0.495 e. The van der Waals surface area contributed by atoms with Crippen molar-refractivity contribution in [1.82, 2.24) is 30.0 Å². The first-order chi connectivity index (χ1) is 21.6. The summed E-state index contributed by atoms with van der Waals surface area (Å²) >= 11 is 0. The molecule has 1 amide bonds. The third-order valence-electron chi connectivity index (χ3n) is 9.20. The summed E-state index contributed by atoms with van der Waals surface area (Å²) in [5.41, 5.74) is 7.52. The zero-order chi connectivity index (χ0) is 30.0. The van der Waals surface area contributed by atoms with Gasteiger partial charge in [-0.15, -0.1) is 0 Å². The minimum absolute atomic E-state index is 0.0766. The number of nitrogens with one attached hydrogen (secondary N) is 2. The highest BCUT2D eigenvalue weighted by molar-refractivity contribution is 5.95. The molecular weight excluding hydrogens is 554 g/mol. The van der Waals surface area contributed by atoms with E-state index in [9.17, 15) is 4.79 Å². The summed E-state index contributed by atoms with van der Waals surface area (Å²) < 4.78 is 13.2. The molecular formula is C34H39N7O3. The fraction of sp³-hybridized carbons (Fsp3) is 0.412. The molecule has 0 radical (unpaired) electrons. The lowest BCUT2D eigenvalue weighted by molar-refractivity contribution is 0.00664. The number of rotatable bonds is 7. The van der Waals surface area contributed by atoms with E-state index in [0.29, 0.717) is 29.0 Å². The summed E-state index contributed by atoms with van der Waals surface area (Å²) in [6, 6.07) is 16.5. The second kappa shape index (κ2) is 12.4. The van der Waals surface area contributed by atoms with Crippen LogP contribution in [-0.2, 0) is 24.6 Å². The minimum atomic E-state index is -0.0766. The zero-order valence-electron chi connectivity index (χ0n) is 25.4. The molecule has 10 nitrogen and oxygen atoms in total. The molecule has 44 heavy (non-hydrogen) atoms. The van der Waals surface area contributed by atoms with Gasteiger partial charge in [0.25, 0.3) is 5.91 Å². The van der Waals surface area contributed by atoms with E-state index >= 15 is 0 Å². The average Bonchev–Trinajstić information content (AvgIpc) is 3.42. The maximum Gasteiger partial charge on any atom is 0.251 e. The summed E-state index contributed by atoms with van der Waals surface area (Å²) in [7, 11) is 3.59. The van der Waals surface area contributed by atoms with Crippen molar-refractivity contribution in [2.24, 2.45) is 7.05 Å². The Balaban J connectivity index is 1.06. The number of aryl methyl sites for hydroxylation is 3. The van der Waals surface area contributed by atoms with Gasteiger partial charge in [0, 0.05) is 55.1 Å². The number of hydrogen-bond acceptors (Lipinski definition) is 8. The first kappa shape index (κ1) is 28.5. The molecule has 1 saturated carbocycles. The molecule has 2 aromatic heterocycles. The van der Waals surface area contributed by atoms with Crippen LogP contribution in [0.25, 0.3) is 22.5 Å². The highest BCUT2D eigenvalue weighted by Crippen LogP contribution is 2.40. The van der Waals surface area contributed by atoms with Crippen molar-refractivity contribution in [2.75, 3.05) is 38.7 Å². The molecule has 7 rings (SSSR count). The monoisotopic (exact) mass is 593 g/mol. The van der Waals surface area contributed by atoms with Gasteiger partial charge in [-0.25, -0.2) is 9.97 Å². The lowest BCUT2D eigenvalue weighted by Gasteiger charge is -2.38. The molecule has 2 fully saturated rings. The lowest BCUT2D eigenvalue weighted by Crippen LogP contribution is -2.47. The predicted molar refractivity (Wildman–Crippen MR) is 169 cm³/mol. The summed E-state index contributed by atoms with van der Waals surface area (Å²) in [6.45, 7) is 3.67. The predicted octanol–water partition coefficient (Wildman–Crippen LogP) is 4.77. The van der Waals surface area contributed by atoms with E-state index in [1.54, 1.807) is 13.2 Å². The second-order valence-electron chi connectivity index (χ2n) is 11.9. The van der Waals surface area contributed by atoms with Crippen LogP contribution in [0.3, 0.4) is 0 Å². The summed E-state index contributed by atoms with van der Waals surface area (Å²) in [6.07, 6.45) is 7.78. The van der Waals surface area contributed by atoms with Crippen molar-refractivity contribution < 1.29 is 14.3 Å². The fourth-order valence-corrected chi connectivity index (χ4v) is 6.90. The number of hydrogen-bond donors (Lipinski definition) is 2. The third-order valence-corrected chi connectivity index (χ3v) is 9.20. The van der Waals surface area contributed by atoms with Crippen LogP contribution in [0.15, 0.2) is 54.7 Å². The molecule has 0 bridgehead atoms. The number of morpholine rings is 1. The Bertz CT molecular complexity index is 1640. The molecule has 10 heteroatoms. The molecule has 0 spiro atoms. The number of benzene rings is 2. The van der Waals surface area contributed by atoms with Gasteiger partial charge >= 0.3 is 0 Å². The number of fused-ring (bicyclic) bond motifs is 3. The largest absolute Gasteiger partial charge is 0.495 e. The fourth-order valence-electron chi connectivity index (χ4n) is 6.90. The van der Waals surface area contributed by atoms with Crippen LogP contribution < -0.4 is 15.4 Å². The van der Waals surface area contributed by atoms with Crippen molar-refractivity contribution >= 4 is 17.5 Å². The number of carbonyl (C=O) groups is 1. The van der Waals surface area contributed by atoms with E-state index in [2.05, 4.69) is 32.7 Å². The molecule has 3 aliphatic rings. The molecule has 4 aromatic rings. The molecule has 228 valence electrons. The van der Waals surface area contributed by atoms with Gasteiger partial charge in [0.1, 0.15) is 5.75 Å². The summed E-state index contributed by atoms with van der Waals surface area (Å²) in [4.78, 5) is 25.4. The molecule has 0 unspecified atom stereocenters. The van der Waals surface area contributed by atoms with E-state index in [-0.39, 0.29) is 11.9 Å². The second-order valence-corrected chi connectivity index (χ2v) is 11.9. The zero-order valence-corrected chi connectivity index (χ0v) is 25.4. The summed E-state index contributed by atoms with van der Waals surface area (Å²) in [5.74, 6) is 0.946. The standard InChI is InChI=1S/C34H39N7O3/c1-40-32(22-6-4-3-5-7-22)30-28(39-40)15-9-24-21-35-34(38-31(24)30)37-27-14-8-23(20-29(27)43-2)33(42)36-25-10-12-26(13-11-25)41-16-18-44-19-17-41/h3-8,14,20-21,25-26H,9-13,15-19H2,1-2H3,(H,36,42)(H,35,37,38)/t25-,26-. The number of carbonyl (C=O) groups excluding carboxylic acids is 1. The molecule has 2 aliphatic carbocycles. The first-order valence-corrected chi connectivity index (χ1v) is 15.6. The Hall–Kier alpha value is -4.28. The van der Waals surface area contributed by atoms with Gasteiger partial charge in [-0.3, -0.25) is 14.4 Å². The topological polar surface area (TPSA) is 106 Å². The van der Waals surface area contributed by atoms with E-state index in [1.165, 1.54) is 0 Å². The SMILES string of the molecule is COc1cc(C(=O)N[C@H]2CC[C@H](N3CCOCC3)CC2)ccc1Nc1ncc2c(n1)-c1c(nn(C)c1-c1ccccc1)CC2. The maximum atomic E-state index is 13.2. The Kier molecular flexibility index (Phi) is 8.01. The highest BCUT2D eigenvalue weighted by atomic mass is 16.5. The van der Waals surface area contributed by atoms with E-state index < -0.39 is 0 Å². The van der Waals surface area contributed by atoms with Crippen molar-refractivity contribution in [3.05, 3.63) is 71.5 Å². The van der Waals surface area contributed by atoms with Gasteiger partial charge < -0.3 is 20.1 Å². The van der Waals surface area contributed by atoms with Crippen LogP contribution in [0.4, 0.5) is 11.6 Å². The lowest BCUT2D eigenvalue weighted by atomic mass is 9.89. The van der Waals surface area contributed by atoms with Crippen molar-refractivity contribution in [1.29, 1.82) is 0 Å². The van der Waals surface area contributed by atoms with Crippen molar-refractivity contribution in [3.63, 3.8) is 0 Å². The number of amides is 1. The van der Waals surface area contributed by atoms with E-state index in [0.717, 1.165) is 98.6 Å². The molecule has 1 saturated heterocycles. The smallest absolute Gasteiger partial charge is 0.251 e. The average molecular weight is 594 g/mol. The third kappa shape index (κ3) is 5.67. The molecule has 3 heterocycles. The molecule has 0 atom stereocenters. The van der Waals surface area contributed by atoms with Gasteiger partial charge in [0.2, 0.25) is 5.95 Å². The van der Waals surface area contributed by atoms with Gasteiger partial charge in [-0.05, 0) is 62.3 Å². The van der Waals surface area contributed by atoms with Crippen LogP contribution in [0.5, 0.6) is 5.75 Å². The van der Waals surface area contributed by atoms with Gasteiger partial charge in [-0.1, -0.05) is 30.3 Å². The van der Waals surface area contributed by atoms with Crippen molar-refractivity contribution in [2.45, 2.75) is 50.6 Å². The van der Waals surface area contributed by atoms with Crippen LogP contribution in [-0.4, -0.2) is 76.1 Å². The summed E-state index contributed by atoms with van der Waals surface area (Å²) in [5, 5.41) is 11.4. The first-order valence-electron chi connectivity index (χ1n) is 15.6. The number of methoxy groups -OCH3 is 1. The van der Waals surface area contributed by atoms with Gasteiger partial charge in [0.15, 0.2) is 0 Å². The van der Waals surface area contributed by atoms with Crippen LogP contribution in [0.1, 0.15) is 47.3 Å². The van der Waals surface area contributed by atoms with Crippen LogP contribution in [0, 0.1) is 0 Å². The molecule has 2 N–H and O–H groups in total. The van der Waals surface area contributed by atoms with E-state index in [1.807, 2.05) is 48.3 Å². The molecule has 1 aliphatic heterocycles. The Morgan fingerprint density at radius 2 is 1.82 bits per heavy atom.